The van der Waals surface area contributed by atoms with Gasteiger partial charge >= 0.3 is 5.97 Å². The number of nitrogens with one attached hydrogen (secondary N) is 1. The Morgan fingerprint density at radius 1 is 1.18 bits per heavy atom. The van der Waals surface area contributed by atoms with Crippen molar-refractivity contribution in [3.8, 4) is 11.4 Å². The zero-order chi connectivity index (χ0) is 23.0. The second-order valence-electron chi connectivity index (χ2n) is 11.2. The molecule has 4 bridgehead atoms. The van der Waals surface area contributed by atoms with Crippen LogP contribution < -0.4 is 16.8 Å². The van der Waals surface area contributed by atoms with Gasteiger partial charge in [-0.2, -0.15) is 15.0 Å². The highest BCUT2D eigenvalue weighted by Gasteiger charge is 2.70. The van der Waals surface area contributed by atoms with E-state index in [9.17, 15) is 4.79 Å². The first-order chi connectivity index (χ1) is 15.8. The smallest absolute Gasteiger partial charge is 0.320 e. The number of hydrogen-bond donors (Lipinski definition) is 4. The van der Waals surface area contributed by atoms with Crippen molar-refractivity contribution < 1.29 is 9.90 Å². The van der Waals surface area contributed by atoms with E-state index in [1.165, 1.54) is 38.5 Å². The minimum Gasteiger partial charge on any atom is -0.480 e. The SMILES string of the molecule is CC(Nc1nc(N)nc(-c2ccc(C[C@H](N)C(=O)O)cc2)n1)[C@@]12C[C@@H]3CC4[C@@H](CC4(C3)C1)C2. The minimum atomic E-state index is -1.01. The molecule has 0 radical (unpaired) electrons. The number of fused-ring (bicyclic) bond motifs is 1. The Kier molecular flexibility index (Phi) is 4.50. The van der Waals surface area contributed by atoms with Crippen LogP contribution in [0, 0.1) is 28.6 Å². The summed E-state index contributed by atoms with van der Waals surface area (Å²) < 4.78 is 0. The highest BCUT2D eigenvalue weighted by atomic mass is 16.4. The van der Waals surface area contributed by atoms with Gasteiger partial charge in [-0.3, -0.25) is 4.79 Å². The van der Waals surface area contributed by atoms with Crippen LogP contribution in [-0.4, -0.2) is 38.1 Å². The van der Waals surface area contributed by atoms with Gasteiger partial charge in [0.05, 0.1) is 0 Å². The second kappa shape index (κ2) is 7.13. The van der Waals surface area contributed by atoms with Gasteiger partial charge in [0.15, 0.2) is 5.82 Å². The number of anilines is 2. The molecule has 1 spiro atoms. The maximum Gasteiger partial charge on any atom is 0.320 e. The average Bonchev–Trinajstić information content (AvgIpc) is 2.91. The molecule has 8 heteroatoms. The van der Waals surface area contributed by atoms with Gasteiger partial charge in [-0.25, -0.2) is 0 Å². The van der Waals surface area contributed by atoms with Gasteiger partial charge < -0.3 is 21.9 Å². The summed E-state index contributed by atoms with van der Waals surface area (Å²) in [6.45, 7) is 2.29. The number of rotatable bonds is 7. The van der Waals surface area contributed by atoms with Crippen LogP contribution in [0.25, 0.3) is 11.4 Å². The number of aliphatic carboxylic acids is 1. The lowest BCUT2D eigenvalue weighted by Crippen LogP contribution is -2.59. The number of nitrogens with zero attached hydrogens (tertiary/aromatic N) is 3. The summed E-state index contributed by atoms with van der Waals surface area (Å²) in [5.41, 5.74) is 14.3. The molecule has 7 atom stereocenters. The number of benzene rings is 1. The van der Waals surface area contributed by atoms with Gasteiger partial charge in [0.25, 0.3) is 0 Å². The molecule has 174 valence electrons. The number of carboxylic acid groups (broad SMARTS) is 1. The number of nitrogens with two attached hydrogens (primary N) is 2. The second-order valence-corrected chi connectivity index (χ2v) is 11.2. The largest absolute Gasteiger partial charge is 0.480 e. The fourth-order valence-corrected chi connectivity index (χ4v) is 8.09. The fraction of sp³-hybridized carbons (Fsp3) is 0.600. The molecule has 0 aliphatic heterocycles. The van der Waals surface area contributed by atoms with E-state index < -0.39 is 12.0 Å². The molecule has 1 aromatic carbocycles. The van der Waals surface area contributed by atoms with Gasteiger partial charge in [-0.1, -0.05) is 24.3 Å². The third-order valence-electron chi connectivity index (χ3n) is 9.28. The van der Waals surface area contributed by atoms with Crippen LogP contribution in [0.1, 0.15) is 51.0 Å². The molecule has 0 amide bonds. The molecule has 3 unspecified atom stereocenters. The molecule has 7 rings (SSSR count). The Hall–Kier alpha value is -2.74. The Morgan fingerprint density at radius 2 is 1.97 bits per heavy atom. The van der Waals surface area contributed by atoms with Crippen molar-refractivity contribution in [3.05, 3.63) is 29.8 Å². The summed E-state index contributed by atoms with van der Waals surface area (Å²) in [5.74, 6) is 3.04. The van der Waals surface area contributed by atoms with E-state index in [1.807, 2.05) is 24.3 Å². The Bertz CT molecular complexity index is 1100. The normalized spacial score (nSPS) is 35.0. The van der Waals surface area contributed by atoms with Gasteiger partial charge in [0, 0.05) is 11.6 Å². The predicted molar refractivity (Wildman–Crippen MR) is 125 cm³/mol. The molecule has 5 saturated carbocycles. The van der Waals surface area contributed by atoms with Crippen LogP contribution in [0.15, 0.2) is 24.3 Å². The van der Waals surface area contributed by atoms with Gasteiger partial charge in [-0.05, 0) is 86.0 Å². The first-order valence-electron chi connectivity index (χ1n) is 12.1. The maximum atomic E-state index is 11.0. The molecule has 8 nitrogen and oxygen atoms in total. The van der Waals surface area contributed by atoms with Crippen LogP contribution in [-0.2, 0) is 11.2 Å². The monoisotopic (exact) mass is 448 g/mol. The Balaban J connectivity index is 1.20. The van der Waals surface area contributed by atoms with Crippen LogP contribution >= 0.6 is 0 Å². The maximum absolute atomic E-state index is 11.0. The number of aromatic nitrogens is 3. The molecule has 2 aromatic rings. The van der Waals surface area contributed by atoms with Crippen LogP contribution in [0.3, 0.4) is 0 Å². The lowest BCUT2D eigenvalue weighted by molar-refractivity contribution is -0.149. The molecular weight excluding hydrogens is 416 g/mol. The topological polar surface area (TPSA) is 140 Å². The van der Waals surface area contributed by atoms with Gasteiger partial charge in [0.2, 0.25) is 11.9 Å². The predicted octanol–water partition coefficient (Wildman–Crippen LogP) is 3.09. The van der Waals surface area contributed by atoms with Crippen molar-refractivity contribution in [2.45, 2.75) is 64.0 Å². The molecule has 33 heavy (non-hydrogen) atoms. The van der Waals surface area contributed by atoms with Crippen molar-refractivity contribution in [3.63, 3.8) is 0 Å². The summed E-state index contributed by atoms with van der Waals surface area (Å²) in [7, 11) is 0. The van der Waals surface area contributed by atoms with E-state index in [0.717, 1.165) is 28.9 Å². The van der Waals surface area contributed by atoms with Crippen LogP contribution in [0.5, 0.6) is 0 Å². The number of carboxylic acids is 1. The summed E-state index contributed by atoms with van der Waals surface area (Å²) in [4.78, 5) is 24.4. The Labute approximate surface area is 193 Å². The van der Waals surface area contributed by atoms with E-state index in [-0.39, 0.29) is 18.4 Å². The lowest BCUT2D eigenvalue weighted by Gasteiger charge is -2.65. The summed E-state index contributed by atoms with van der Waals surface area (Å²) >= 11 is 0. The third kappa shape index (κ3) is 3.29. The van der Waals surface area contributed by atoms with E-state index in [0.29, 0.717) is 22.6 Å². The highest BCUT2D eigenvalue weighted by Crippen LogP contribution is 2.78. The summed E-state index contributed by atoms with van der Waals surface area (Å²) in [5, 5.41) is 12.6. The van der Waals surface area contributed by atoms with E-state index >= 15 is 0 Å². The zero-order valence-corrected chi connectivity index (χ0v) is 19.0. The number of nitrogen functional groups attached to an aromatic ring is 1. The van der Waals surface area contributed by atoms with Gasteiger partial charge in [0.1, 0.15) is 6.04 Å². The van der Waals surface area contributed by atoms with Gasteiger partial charge in [-0.15, -0.1) is 0 Å². The van der Waals surface area contributed by atoms with E-state index in [1.54, 1.807) is 0 Å². The molecule has 1 aromatic heterocycles. The van der Waals surface area contributed by atoms with Crippen LogP contribution in [0.2, 0.25) is 0 Å². The average molecular weight is 449 g/mol. The standard InChI is InChI=1S/C25H32N6O2/c1-13(24-8-15-6-18-17(10-24)11-25(18,9-15)12-24)28-23-30-20(29-22(27)31-23)16-4-2-14(3-5-16)7-19(26)21(32)33/h2-5,13,15,17-19H,6-12,26H2,1H3,(H,32,33)(H3,27,28,29,30,31)/t13?,15-,17+,18?,19-,24+,25?/m0/s1. The molecule has 5 fully saturated rings. The Morgan fingerprint density at radius 3 is 2.73 bits per heavy atom. The quantitative estimate of drug-likeness (QED) is 0.506. The van der Waals surface area contributed by atoms with Crippen molar-refractivity contribution in [2.75, 3.05) is 11.1 Å². The minimum absolute atomic E-state index is 0.193. The molecule has 6 N–H and O–H groups in total. The number of carbonyl (C=O) groups is 1. The first-order valence-corrected chi connectivity index (χ1v) is 12.1. The molecular formula is C25H32N6O2. The van der Waals surface area contributed by atoms with E-state index in [4.69, 9.17) is 16.6 Å². The molecule has 5 aliphatic carbocycles. The van der Waals surface area contributed by atoms with Crippen LogP contribution in [0.4, 0.5) is 11.9 Å². The highest BCUT2D eigenvalue weighted by molar-refractivity contribution is 5.73. The molecule has 0 saturated heterocycles. The molecule has 5 aliphatic rings. The van der Waals surface area contributed by atoms with E-state index in [2.05, 4.69) is 27.2 Å². The fourth-order valence-electron chi connectivity index (χ4n) is 8.09. The third-order valence-corrected chi connectivity index (χ3v) is 9.28. The summed E-state index contributed by atoms with van der Waals surface area (Å²) in [6.07, 6.45) is 8.64. The molecule has 1 heterocycles. The van der Waals surface area contributed by atoms with Crippen molar-refractivity contribution in [1.29, 1.82) is 0 Å². The summed E-state index contributed by atoms with van der Waals surface area (Å²) in [6, 6.07) is 6.82. The lowest BCUT2D eigenvalue weighted by atomic mass is 9.40. The number of hydrogen-bond acceptors (Lipinski definition) is 7. The van der Waals surface area contributed by atoms with Crippen molar-refractivity contribution in [1.82, 2.24) is 15.0 Å². The zero-order valence-electron chi connectivity index (χ0n) is 19.0. The first kappa shape index (κ1) is 20.8. The van der Waals surface area contributed by atoms with Crippen molar-refractivity contribution >= 4 is 17.9 Å². The van der Waals surface area contributed by atoms with Crippen molar-refractivity contribution in [2.24, 2.45) is 34.3 Å².